The van der Waals surface area contributed by atoms with Gasteiger partial charge in [-0.25, -0.2) is 4.79 Å². The molecule has 132 valence electrons. The molecule has 1 atom stereocenters. The van der Waals surface area contributed by atoms with Gasteiger partial charge in [0.05, 0.1) is 17.7 Å². The molecule has 25 heavy (non-hydrogen) atoms. The zero-order valence-corrected chi connectivity index (χ0v) is 15.3. The monoisotopic (exact) mass is 361 g/mol. The number of hydrogen-bond acceptors (Lipinski definition) is 4. The van der Waals surface area contributed by atoms with E-state index in [1.54, 1.807) is 30.3 Å². The topological polar surface area (TPSA) is 64.6 Å². The Bertz CT molecular complexity index is 804. The Morgan fingerprint density at radius 2 is 1.80 bits per heavy atom. The molecule has 0 bridgehead atoms. The third-order valence-corrected chi connectivity index (χ3v) is 4.11. The zero-order valence-electron chi connectivity index (χ0n) is 14.6. The predicted octanol–water partition coefficient (Wildman–Crippen LogP) is 4.15. The van der Waals surface area contributed by atoms with Gasteiger partial charge in [-0.2, -0.15) is 0 Å². The van der Waals surface area contributed by atoms with Crippen LogP contribution in [0, 0.1) is 13.8 Å². The second-order valence-corrected chi connectivity index (χ2v) is 6.09. The summed E-state index contributed by atoms with van der Waals surface area (Å²) in [6.45, 7) is 5.38. The SMILES string of the molecule is COc1ccc(NC(=O)C(C)OC(=O)c2ccc(C)c(C)c2)cc1Cl. The van der Waals surface area contributed by atoms with Crippen molar-refractivity contribution in [3.8, 4) is 5.75 Å². The highest BCUT2D eigenvalue weighted by Gasteiger charge is 2.19. The number of rotatable bonds is 5. The number of methoxy groups -OCH3 is 1. The van der Waals surface area contributed by atoms with E-state index in [1.165, 1.54) is 14.0 Å². The van der Waals surface area contributed by atoms with Gasteiger partial charge in [0.25, 0.3) is 5.91 Å². The Labute approximate surface area is 151 Å². The molecule has 0 aliphatic carbocycles. The van der Waals surface area contributed by atoms with Crippen LogP contribution in [0.3, 0.4) is 0 Å². The molecule has 0 aromatic heterocycles. The number of halogens is 1. The quantitative estimate of drug-likeness (QED) is 0.812. The first-order chi connectivity index (χ1) is 11.8. The molecule has 5 nitrogen and oxygen atoms in total. The van der Waals surface area contributed by atoms with Crippen LogP contribution in [0.2, 0.25) is 5.02 Å². The Balaban J connectivity index is 2.01. The van der Waals surface area contributed by atoms with Crippen LogP contribution in [0.1, 0.15) is 28.4 Å². The second kappa shape index (κ2) is 8.03. The highest BCUT2D eigenvalue weighted by Crippen LogP contribution is 2.27. The molecule has 1 amide bonds. The lowest BCUT2D eigenvalue weighted by molar-refractivity contribution is -0.123. The Kier molecular flexibility index (Phi) is 6.04. The first kappa shape index (κ1) is 18.8. The smallest absolute Gasteiger partial charge is 0.338 e. The van der Waals surface area contributed by atoms with Crippen LogP contribution in [-0.4, -0.2) is 25.1 Å². The number of amides is 1. The van der Waals surface area contributed by atoms with Crippen molar-refractivity contribution in [2.45, 2.75) is 26.9 Å². The number of hydrogen-bond donors (Lipinski definition) is 1. The van der Waals surface area contributed by atoms with Gasteiger partial charge in [0.2, 0.25) is 0 Å². The molecule has 0 spiro atoms. The summed E-state index contributed by atoms with van der Waals surface area (Å²) in [5.74, 6) is -0.481. The van der Waals surface area contributed by atoms with E-state index in [4.69, 9.17) is 21.1 Å². The molecule has 1 unspecified atom stereocenters. The average molecular weight is 362 g/mol. The molecule has 0 aliphatic heterocycles. The van der Waals surface area contributed by atoms with E-state index in [1.807, 2.05) is 19.9 Å². The van der Waals surface area contributed by atoms with Crippen molar-refractivity contribution >= 4 is 29.2 Å². The van der Waals surface area contributed by atoms with Crippen molar-refractivity contribution < 1.29 is 19.1 Å². The highest BCUT2D eigenvalue weighted by atomic mass is 35.5. The first-order valence-corrected chi connectivity index (χ1v) is 8.12. The van der Waals surface area contributed by atoms with Gasteiger partial charge in [0.1, 0.15) is 5.75 Å². The minimum absolute atomic E-state index is 0.375. The van der Waals surface area contributed by atoms with E-state index in [9.17, 15) is 9.59 Å². The number of aryl methyl sites for hydroxylation is 2. The van der Waals surface area contributed by atoms with E-state index in [-0.39, 0.29) is 0 Å². The maximum Gasteiger partial charge on any atom is 0.338 e. The number of carbonyl (C=O) groups excluding carboxylic acids is 2. The van der Waals surface area contributed by atoms with Crippen molar-refractivity contribution in [3.63, 3.8) is 0 Å². The fourth-order valence-electron chi connectivity index (χ4n) is 2.14. The van der Waals surface area contributed by atoms with Gasteiger partial charge in [0, 0.05) is 5.69 Å². The fourth-order valence-corrected chi connectivity index (χ4v) is 2.40. The summed E-state index contributed by atoms with van der Waals surface area (Å²) in [5, 5.41) is 3.03. The van der Waals surface area contributed by atoms with Crippen LogP contribution < -0.4 is 10.1 Å². The molecule has 2 aromatic carbocycles. The van der Waals surface area contributed by atoms with E-state index in [0.29, 0.717) is 22.0 Å². The largest absolute Gasteiger partial charge is 0.495 e. The number of anilines is 1. The summed E-state index contributed by atoms with van der Waals surface area (Å²) >= 11 is 6.02. The third-order valence-electron chi connectivity index (χ3n) is 3.81. The average Bonchev–Trinajstić information content (AvgIpc) is 2.57. The van der Waals surface area contributed by atoms with Gasteiger partial charge < -0.3 is 14.8 Å². The molecule has 0 saturated carbocycles. The van der Waals surface area contributed by atoms with Crippen molar-refractivity contribution in [1.82, 2.24) is 0 Å². The van der Waals surface area contributed by atoms with Gasteiger partial charge in [0.15, 0.2) is 6.10 Å². The molecule has 0 fully saturated rings. The van der Waals surface area contributed by atoms with Crippen LogP contribution in [0.4, 0.5) is 5.69 Å². The molecule has 1 N–H and O–H groups in total. The normalized spacial score (nSPS) is 11.6. The summed E-state index contributed by atoms with van der Waals surface area (Å²) < 4.78 is 10.3. The molecule has 0 aliphatic rings. The number of benzene rings is 2. The van der Waals surface area contributed by atoms with Crippen LogP contribution in [0.5, 0.6) is 5.75 Å². The lowest BCUT2D eigenvalue weighted by Crippen LogP contribution is -2.30. The zero-order chi connectivity index (χ0) is 18.6. The van der Waals surface area contributed by atoms with Crippen LogP contribution >= 0.6 is 11.6 Å². The predicted molar refractivity (Wildman–Crippen MR) is 97.4 cm³/mol. The minimum atomic E-state index is -0.949. The molecule has 2 aromatic rings. The summed E-state index contributed by atoms with van der Waals surface area (Å²) in [4.78, 5) is 24.4. The molecule has 2 rings (SSSR count). The van der Waals surface area contributed by atoms with Gasteiger partial charge in [-0.15, -0.1) is 0 Å². The Hall–Kier alpha value is -2.53. The maximum atomic E-state index is 12.2. The van der Waals surface area contributed by atoms with E-state index in [2.05, 4.69) is 5.32 Å². The van der Waals surface area contributed by atoms with E-state index >= 15 is 0 Å². The van der Waals surface area contributed by atoms with Crippen molar-refractivity contribution in [3.05, 3.63) is 58.1 Å². The Morgan fingerprint density at radius 1 is 1.08 bits per heavy atom. The summed E-state index contributed by atoms with van der Waals surface area (Å²) in [6, 6.07) is 10.1. The molecule has 0 radical (unpaired) electrons. The fraction of sp³-hybridized carbons (Fsp3) is 0.263. The standard InChI is InChI=1S/C19H20ClNO4/c1-11-5-6-14(9-12(11)2)19(23)25-13(3)18(22)21-15-7-8-17(24-4)16(20)10-15/h5-10,13H,1-4H3,(H,21,22). The summed E-state index contributed by atoms with van der Waals surface area (Å²) in [5.41, 5.74) is 2.97. The second-order valence-electron chi connectivity index (χ2n) is 5.69. The van der Waals surface area contributed by atoms with Crippen molar-refractivity contribution in [1.29, 1.82) is 0 Å². The van der Waals surface area contributed by atoms with Gasteiger partial charge in [-0.1, -0.05) is 17.7 Å². The number of ether oxygens (including phenoxy) is 2. The molecule has 0 saturated heterocycles. The lowest BCUT2D eigenvalue weighted by Gasteiger charge is -2.14. The molecular weight excluding hydrogens is 342 g/mol. The van der Waals surface area contributed by atoms with Gasteiger partial charge in [-0.05, 0) is 62.2 Å². The van der Waals surface area contributed by atoms with Crippen LogP contribution in [0.15, 0.2) is 36.4 Å². The molecule has 0 heterocycles. The molecular formula is C19H20ClNO4. The van der Waals surface area contributed by atoms with Crippen molar-refractivity contribution in [2.75, 3.05) is 12.4 Å². The number of nitrogens with one attached hydrogen (secondary N) is 1. The Morgan fingerprint density at radius 3 is 2.40 bits per heavy atom. The molecule has 6 heteroatoms. The van der Waals surface area contributed by atoms with E-state index in [0.717, 1.165) is 11.1 Å². The minimum Gasteiger partial charge on any atom is -0.495 e. The summed E-state index contributed by atoms with van der Waals surface area (Å²) in [7, 11) is 1.51. The summed E-state index contributed by atoms with van der Waals surface area (Å²) in [6.07, 6.45) is -0.949. The van der Waals surface area contributed by atoms with Crippen LogP contribution in [-0.2, 0) is 9.53 Å². The lowest BCUT2D eigenvalue weighted by atomic mass is 10.1. The number of esters is 1. The van der Waals surface area contributed by atoms with E-state index < -0.39 is 18.0 Å². The van der Waals surface area contributed by atoms with Crippen molar-refractivity contribution in [2.24, 2.45) is 0 Å². The first-order valence-electron chi connectivity index (χ1n) is 7.74. The maximum absolute atomic E-state index is 12.2. The number of carbonyl (C=O) groups is 2. The van der Waals surface area contributed by atoms with Gasteiger partial charge >= 0.3 is 5.97 Å². The van der Waals surface area contributed by atoms with Crippen LogP contribution in [0.25, 0.3) is 0 Å². The van der Waals surface area contributed by atoms with Gasteiger partial charge in [-0.3, -0.25) is 4.79 Å². The third kappa shape index (κ3) is 4.73. The highest BCUT2D eigenvalue weighted by molar-refractivity contribution is 6.32.